The predicted molar refractivity (Wildman–Crippen MR) is 126 cm³/mol. The maximum atomic E-state index is 12.6. The number of rotatable bonds is 6. The second kappa shape index (κ2) is 10.1. The summed E-state index contributed by atoms with van der Waals surface area (Å²) in [6.45, 7) is 5.22. The van der Waals surface area contributed by atoms with E-state index in [1.165, 1.54) is 6.07 Å². The molecule has 3 heterocycles. The van der Waals surface area contributed by atoms with E-state index in [9.17, 15) is 9.59 Å². The van der Waals surface area contributed by atoms with Gasteiger partial charge in [-0.05, 0) is 32.2 Å². The number of carbonyl (C=O) groups is 2. The zero-order valence-electron chi connectivity index (χ0n) is 19.0. The van der Waals surface area contributed by atoms with Crippen molar-refractivity contribution < 1.29 is 9.59 Å². The zero-order valence-corrected chi connectivity index (χ0v) is 19.7. The van der Waals surface area contributed by atoms with Gasteiger partial charge < -0.3 is 15.1 Å². The maximum absolute atomic E-state index is 12.6. The molecule has 11 heteroatoms. The quantitative estimate of drug-likeness (QED) is 0.556. The lowest BCUT2D eigenvalue weighted by Gasteiger charge is -2.31. The Labute approximate surface area is 202 Å². The Balaban J connectivity index is 1.34. The van der Waals surface area contributed by atoms with Crippen molar-refractivity contribution in [3.63, 3.8) is 0 Å². The highest BCUT2D eigenvalue weighted by molar-refractivity contribution is 6.32. The molecule has 0 bridgehead atoms. The molecule has 0 unspecified atom stereocenters. The van der Waals surface area contributed by atoms with Crippen LogP contribution in [0.2, 0.25) is 5.02 Å². The lowest BCUT2D eigenvalue weighted by molar-refractivity contribution is 0.0658. The number of halogens is 1. The summed E-state index contributed by atoms with van der Waals surface area (Å²) < 4.78 is 1.72. The van der Waals surface area contributed by atoms with Crippen molar-refractivity contribution in [2.45, 2.75) is 19.5 Å². The second-order valence-corrected chi connectivity index (χ2v) is 8.77. The molecule has 4 rings (SSSR count). The van der Waals surface area contributed by atoms with Crippen molar-refractivity contribution in [3.8, 4) is 17.3 Å². The van der Waals surface area contributed by atoms with Gasteiger partial charge in [-0.1, -0.05) is 17.7 Å². The van der Waals surface area contributed by atoms with Gasteiger partial charge in [0.15, 0.2) is 5.69 Å². The van der Waals surface area contributed by atoms with Crippen molar-refractivity contribution in [1.82, 2.24) is 35.1 Å². The van der Waals surface area contributed by atoms with Gasteiger partial charge in [0.25, 0.3) is 11.8 Å². The van der Waals surface area contributed by atoms with E-state index in [2.05, 4.69) is 25.5 Å². The Morgan fingerprint density at radius 2 is 2.00 bits per heavy atom. The fraction of sp³-hybridized carbons (Fsp3) is 0.348. The van der Waals surface area contributed by atoms with E-state index in [1.807, 2.05) is 32.3 Å². The monoisotopic (exact) mass is 480 g/mol. The van der Waals surface area contributed by atoms with Crippen LogP contribution in [-0.4, -0.2) is 80.9 Å². The van der Waals surface area contributed by atoms with E-state index in [1.54, 1.807) is 27.8 Å². The fourth-order valence-corrected chi connectivity index (χ4v) is 3.95. The molecule has 1 saturated heterocycles. The molecule has 3 aromatic rings. The predicted octanol–water partition coefficient (Wildman–Crippen LogP) is 2.00. The van der Waals surface area contributed by atoms with Crippen LogP contribution < -0.4 is 5.32 Å². The van der Waals surface area contributed by atoms with Crippen LogP contribution in [-0.2, 0) is 6.54 Å². The Kier molecular flexibility index (Phi) is 6.95. The summed E-state index contributed by atoms with van der Waals surface area (Å²) in [5, 5.41) is 23.5. The maximum Gasteiger partial charge on any atom is 0.274 e. The van der Waals surface area contributed by atoms with Crippen molar-refractivity contribution in [3.05, 3.63) is 58.5 Å². The fourth-order valence-electron chi connectivity index (χ4n) is 3.73. The first kappa shape index (κ1) is 23.5. The molecule has 34 heavy (non-hydrogen) atoms. The number of hydrogen-bond donors (Lipinski definition) is 2. The largest absolute Gasteiger partial charge is 0.346 e. The van der Waals surface area contributed by atoms with Gasteiger partial charge in [0.2, 0.25) is 0 Å². The molecule has 1 fully saturated rings. The van der Waals surface area contributed by atoms with Gasteiger partial charge in [0.05, 0.1) is 22.8 Å². The van der Waals surface area contributed by atoms with E-state index in [4.69, 9.17) is 16.9 Å². The number of aromatic nitrogens is 4. The van der Waals surface area contributed by atoms with Gasteiger partial charge in [0.1, 0.15) is 11.8 Å². The van der Waals surface area contributed by atoms with Gasteiger partial charge in [-0.2, -0.15) is 15.5 Å². The van der Waals surface area contributed by atoms with Crippen molar-refractivity contribution in [2.75, 3.05) is 33.2 Å². The van der Waals surface area contributed by atoms with Gasteiger partial charge in [-0.15, -0.1) is 0 Å². The summed E-state index contributed by atoms with van der Waals surface area (Å²) in [6.07, 6.45) is 1.81. The highest BCUT2D eigenvalue weighted by Gasteiger charge is 2.23. The lowest BCUT2D eigenvalue weighted by atomic mass is 10.1. The topological polar surface area (TPSA) is 123 Å². The van der Waals surface area contributed by atoms with E-state index in [-0.39, 0.29) is 29.2 Å². The number of carbonyl (C=O) groups excluding carboxylic acids is 2. The Morgan fingerprint density at radius 1 is 1.24 bits per heavy atom. The number of likely N-dealkylation sites (N-methyl/N-ethyl adjacent to an activating group) is 1. The van der Waals surface area contributed by atoms with Gasteiger partial charge in [-0.3, -0.25) is 19.4 Å². The van der Waals surface area contributed by atoms with Crippen LogP contribution in [0.15, 0.2) is 36.5 Å². The Bertz CT molecular complexity index is 1240. The van der Waals surface area contributed by atoms with E-state index >= 15 is 0 Å². The molecular weight excluding hydrogens is 456 g/mol. The highest BCUT2D eigenvalue weighted by atomic mass is 35.5. The van der Waals surface area contributed by atoms with Gasteiger partial charge in [0, 0.05) is 50.0 Å². The van der Waals surface area contributed by atoms with Gasteiger partial charge in [-0.25, -0.2) is 0 Å². The number of benzene rings is 1. The first-order chi connectivity index (χ1) is 16.3. The molecular formula is C23H25ClN8O2. The second-order valence-electron chi connectivity index (χ2n) is 8.37. The molecule has 0 radical (unpaired) electrons. The Hall–Kier alpha value is -3.68. The molecule has 176 valence electrons. The van der Waals surface area contributed by atoms with Crippen LogP contribution in [0.5, 0.6) is 0 Å². The number of nitrogens with one attached hydrogen (secondary N) is 2. The third-order valence-electron chi connectivity index (χ3n) is 5.70. The van der Waals surface area contributed by atoms with E-state index < -0.39 is 0 Å². The number of nitriles is 1. The number of amides is 2. The zero-order chi connectivity index (χ0) is 24.2. The summed E-state index contributed by atoms with van der Waals surface area (Å²) in [7, 11) is 2.02. The average molecular weight is 481 g/mol. The van der Waals surface area contributed by atoms with Crippen LogP contribution in [0.1, 0.15) is 33.5 Å². The Morgan fingerprint density at radius 3 is 2.71 bits per heavy atom. The molecule has 2 amide bonds. The molecule has 0 aliphatic carbocycles. The first-order valence-corrected chi connectivity index (χ1v) is 11.3. The van der Waals surface area contributed by atoms with Crippen LogP contribution in [0.25, 0.3) is 11.3 Å². The average Bonchev–Trinajstić information content (AvgIpc) is 3.49. The summed E-state index contributed by atoms with van der Waals surface area (Å²) in [6, 6.07) is 10.3. The molecule has 2 aromatic heterocycles. The van der Waals surface area contributed by atoms with Crippen LogP contribution >= 0.6 is 11.6 Å². The normalized spacial score (nSPS) is 15.1. The molecule has 1 atom stereocenters. The molecule has 10 nitrogen and oxygen atoms in total. The third-order valence-corrected chi connectivity index (χ3v) is 6.01. The SMILES string of the molecule is C[C@@H](Cn1ccc(-c2ccc(C#N)c(Cl)c2)n1)NC(=O)c1cc(C(=O)N2CCN(C)CC2)n[nH]1. The molecule has 0 saturated carbocycles. The molecule has 0 spiro atoms. The summed E-state index contributed by atoms with van der Waals surface area (Å²) in [4.78, 5) is 29.2. The third kappa shape index (κ3) is 5.27. The van der Waals surface area contributed by atoms with E-state index in [0.717, 1.165) is 18.7 Å². The molecule has 1 aliphatic heterocycles. The number of aromatic amines is 1. The number of nitrogens with zero attached hydrogens (tertiary/aromatic N) is 6. The number of piperazine rings is 1. The van der Waals surface area contributed by atoms with Crippen LogP contribution in [0, 0.1) is 11.3 Å². The van der Waals surface area contributed by atoms with E-state index in [0.29, 0.717) is 35.9 Å². The van der Waals surface area contributed by atoms with Crippen LogP contribution in [0.3, 0.4) is 0 Å². The smallest absolute Gasteiger partial charge is 0.274 e. The minimum Gasteiger partial charge on any atom is -0.346 e. The van der Waals surface area contributed by atoms with Crippen molar-refractivity contribution in [1.29, 1.82) is 5.26 Å². The standard InChI is InChI=1S/C23H25ClN8O2/c1-15(14-32-6-5-19(29-32)16-3-4-17(13-25)18(24)11-16)26-22(33)20-12-21(28-27-20)23(34)31-9-7-30(2)8-10-31/h3-6,11-12,15H,7-10,14H2,1-2H3,(H,26,33)(H,27,28)/t15-/m0/s1. The van der Waals surface area contributed by atoms with Crippen molar-refractivity contribution >= 4 is 23.4 Å². The first-order valence-electron chi connectivity index (χ1n) is 10.9. The summed E-state index contributed by atoms with van der Waals surface area (Å²) >= 11 is 6.12. The minimum atomic E-state index is -0.344. The lowest BCUT2D eigenvalue weighted by Crippen LogP contribution is -2.47. The van der Waals surface area contributed by atoms with Crippen LogP contribution in [0.4, 0.5) is 0 Å². The summed E-state index contributed by atoms with van der Waals surface area (Å²) in [5.41, 5.74) is 2.39. The van der Waals surface area contributed by atoms with Gasteiger partial charge >= 0.3 is 0 Å². The number of hydrogen-bond acceptors (Lipinski definition) is 6. The molecule has 1 aromatic carbocycles. The molecule has 1 aliphatic rings. The summed E-state index contributed by atoms with van der Waals surface area (Å²) in [5.74, 6) is -0.521. The molecule has 2 N–H and O–H groups in total. The highest BCUT2D eigenvalue weighted by Crippen LogP contribution is 2.24. The van der Waals surface area contributed by atoms with Crippen molar-refractivity contribution in [2.24, 2.45) is 0 Å². The minimum absolute atomic E-state index is 0.177. The number of H-pyrrole nitrogens is 1.